The van der Waals surface area contributed by atoms with Crippen LogP contribution in [0.3, 0.4) is 0 Å². The number of ether oxygens (including phenoxy) is 1. The lowest BCUT2D eigenvalue weighted by molar-refractivity contribution is -0.141. The highest BCUT2D eigenvalue weighted by molar-refractivity contribution is 5.85. The molecule has 1 aromatic carbocycles. The van der Waals surface area contributed by atoms with Crippen LogP contribution >= 0.6 is 24.8 Å². The van der Waals surface area contributed by atoms with E-state index in [0.29, 0.717) is 45.9 Å². The van der Waals surface area contributed by atoms with E-state index in [-0.39, 0.29) is 63.6 Å². The monoisotopic (exact) mass is 538 g/mol. The first-order valence-corrected chi connectivity index (χ1v) is 11.0. The van der Waals surface area contributed by atoms with Gasteiger partial charge in [-0.25, -0.2) is 0 Å². The number of carbonyl (C=O) groups is 3. The van der Waals surface area contributed by atoms with E-state index in [0.717, 1.165) is 5.56 Å². The van der Waals surface area contributed by atoms with Crippen molar-refractivity contribution in [2.75, 3.05) is 72.1 Å². The minimum Gasteiger partial charge on any atom is -0.480 e. The van der Waals surface area contributed by atoms with E-state index in [1.807, 2.05) is 30.3 Å². The average Bonchev–Trinajstić information content (AvgIpc) is 2.74. The highest BCUT2D eigenvalue weighted by atomic mass is 35.5. The lowest BCUT2D eigenvalue weighted by atomic mass is 10.2. The molecule has 0 saturated carbocycles. The maximum Gasteiger partial charge on any atom is 0.317 e. The van der Waals surface area contributed by atoms with Crippen LogP contribution in [0.25, 0.3) is 0 Å². The summed E-state index contributed by atoms with van der Waals surface area (Å²) >= 11 is 0. The summed E-state index contributed by atoms with van der Waals surface area (Å²) in [6.45, 7) is 3.06. The Hall–Kier alpha value is -1.99. The van der Waals surface area contributed by atoms with Crippen molar-refractivity contribution in [1.29, 1.82) is 0 Å². The van der Waals surface area contributed by atoms with E-state index >= 15 is 0 Å². The molecule has 1 heterocycles. The van der Waals surface area contributed by atoms with Crippen molar-refractivity contribution in [3.63, 3.8) is 0 Å². The second-order valence-electron chi connectivity index (χ2n) is 8.07. The summed E-state index contributed by atoms with van der Waals surface area (Å²) in [7, 11) is 0. The van der Waals surface area contributed by atoms with Crippen molar-refractivity contribution in [1.82, 2.24) is 20.0 Å². The standard InChI is InChI=1S/C22H34N4O7.2ClH/c27-20(28)13-24-8-6-23-7-9-26(15-22(31)32)19(12-25(11-10-24)14-21(29)30)17-33-16-18-4-2-1-3-5-18;;/h1-5,19,23H,6-17H2,(H,27,28)(H,29,30)(H,31,32);2*1H. The first-order chi connectivity index (χ1) is 15.8. The molecular weight excluding hydrogens is 503 g/mol. The fraction of sp³-hybridized carbons (Fsp3) is 0.591. The normalized spacial score (nSPS) is 18.8. The molecule has 2 rings (SSSR count). The van der Waals surface area contributed by atoms with Crippen molar-refractivity contribution in [3.05, 3.63) is 35.9 Å². The van der Waals surface area contributed by atoms with E-state index in [9.17, 15) is 24.6 Å². The number of nitrogens with one attached hydrogen (secondary N) is 1. The first-order valence-electron chi connectivity index (χ1n) is 11.0. The zero-order valence-corrected chi connectivity index (χ0v) is 21.2. The van der Waals surface area contributed by atoms with Gasteiger partial charge in [-0.1, -0.05) is 30.3 Å². The van der Waals surface area contributed by atoms with Gasteiger partial charge in [0, 0.05) is 51.9 Å². The predicted molar refractivity (Wildman–Crippen MR) is 135 cm³/mol. The number of hydrogen-bond acceptors (Lipinski definition) is 8. The number of hydrogen-bond donors (Lipinski definition) is 4. The molecule has 0 amide bonds. The highest BCUT2D eigenvalue weighted by Gasteiger charge is 2.26. The van der Waals surface area contributed by atoms with Crippen molar-refractivity contribution < 1.29 is 34.4 Å². The number of halogens is 2. The van der Waals surface area contributed by atoms with Gasteiger partial charge >= 0.3 is 17.9 Å². The SMILES string of the molecule is Cl.Cl.O=C(O)CN1CCNCCN(CC(=O)O)C(COCc2ccccc2)CN(CC(=O)O)CC1. The van der Waals surface area contributed by atoms with E-state index in [1.54, 1.807) is 14.7 Å². The molecule has 1 aromatic rings. The third-order valence-corrected chi connectivity index (χ3v) is 5.38. The minimum atomic E-state index is -0.998. The van der Waals surface area contributed by atoms with Crippen molar-refractivity contribution >= 4 is 42.7 Å². The van der Waals surface area contributed by atoms with Gasteiger partial charge in [0.25, 0.3) is 0 Å². The molecule has 0 bridgehead atoms. The Labute approximate surface area is 217 Å². The molecule has 35 heavy (non-hydrogen) atoms. The van der Waals surface area contributed by atoms with Crippen LogP contribution in [0.15, 0.2) is 30.3 Å². The Kier molecular flexibility index (Phi) is 17.3. The van der Waals surface area contributed by atoms with Crippen LogP contribution < -0.4 is 5.32 Å². The maximum atomic E-state index is 11.5. The largest absolute Gasteiger partial charge is 0.480 e. The van der Waals surface area contributed by atoms with Gasteiger partial charge in [0.2, 0.25) is 0 Å². The Morgan fingerprint density at radius 2 is 1.40 bits per heavy atom. The van der Waals surface area contributed by atoms with Gasteiger partial charge < -0.3 is 25.4 Å². The summed E-state index contributed by atoms with van der Waals surface area (Å²) in [6.07, 6.45) is 0. The minimum absolute atomic E-state index is 0. The molecule has 0 aliphatic carbocycles. The fourth-order valence-corrected chi connectivity index (χ4v) is 3.78. The van der Waals surface area contributed by atoms with Crippen LogP contribution in [0.4, 0.5) is 0 Å². The maximum absolute atomic E-state index is 11.5. The summed E-state index contributed by atoms with van der Waals surface area (Å²) < 4.78 is 5.91. The Morgan fingerprint density at radius 1 is 0.829 bits per heavy atom. The van der Waals surface area contributed by atoms with Gasteiger partial charge in [-0.3, -0.25) is 29.1 Å². The molecule has 0 spiro atoms. The van der Waals surface area contributed by atoms with Gasteiger partial charge in [-0.15, -0.1) is 24.8 Å². The molecule has 11 nitrogen and oxygen atoms in total. The topological polar surface area (TPSA) is 143 Å². The van der Waals surface area contributed by atoms with Gasteiger partial charge in [0.1, 0.15) is 0 Å². The quantitative estimate of drug-likeness (QED) is 0.323. The molecule has 1 fully saturated rings. The number of carboxylic acids is 3. The molecular formula is C22H36Cl2N4O7. The van der Waals surface area contributed by atoms with E-state index in [4.69, 9.17) is 9.84 Å². The van der Waals surface area contributed by atoms with Gasteiger partial charge in [-0.2, -0.15) is 0 Å². The van der Waals surface area contributed by atoms with E-state index < -0.39 is 17.9 Å². The van der Waals surface area contributed by atoms with Crippen LogP contribution in [0.1, 0.15) is 5.56 Å². The zero-order chi connectivity index (χ0) is 24.1. The fourth-order valence-electron chi connectivity index (χ4n) is 3.78. The number of nitrogens with zero attached hydrogens (tertiary/aromatic N) is 3. The van der Waals surface area contributed by atoms with Gasteiger partial charge in [-0.05, 0) is 5.56 Å². The molecule has 1 saturated heterocycles. The lowest BCUT2D eigenvalue weighted by Crippen LogP contribution is -2.53. The summed E-state index contributed by atoms with van der Waals surface area (Å²) in [6, 6.07) is 9.26. The third kappa shape index (κ3) is 14.2. The van der Waals surface area contributed by atoms with Crippen LogP contribution in [0.5, 0.6) is 0 Å². The molecule has 1 aliphatic rings. The van der Waals surface area contributed by atoms with Crippen LogP contribution in [-0.4, -0.2) is 126 Å². The number of aliphatic carboxylic acids is 3. The van der Waals surface area contributed by atoms with Gasteiger partial charge in [0.05, 0.1) is 32.8 Å². The van der Waals surface area contributed by atoms with Crippen molar-refractivity contribution in [2.45, 2.75) is 12.6 Å². The van der Waals surface area contributed by atoms with E-state index in [1.165, 1.54) is 0 Å². The van der Waals surface area contributed by atoms with Crippen molar-refractivity contribution in [3.8, 4) is 0 Å². The smallest absolute Gasteiger partial charge is 0.317 e. The highest BCUT2D eigenvalue weighted by Crippen LogP contribution is 2.08. The number of rotatable bonds is 10. The third-order valence-electron chi connectivity index (χ3n) is 5.38. The molecule has 4 N–H and O–H groups in total. The Bertz CT molecular complexity index is 761. The predicted octanol–water partition coefficient (Wildman–Crippen LogP) is 0.178. The second-order valence-corrected chi connectivity index (χ2v) is 8.07. The van der Waals surface area contributed by atoms with Crippen LogP contribution in [-0.2, 0) is 25.7 Å². The zero-order valence-electron chi connectivity index (χ0n) is 19.6. The Balaban J connectivity index is 0.00000578. The summed E-state index contributed by atoms with van der Waals surface area (Å²) in [5, 5.41) is 31.2. The Morgan fingerprint density at radius 3 is 2.03 bits per heavy atom. The number of carboxylic acid groups (broad SMARTS) is 3. The van der Waals surface area contributed by atoms with Crippen LogP contribution in [0, 0.1) is 0 Å². The second kappa shape index (κ2) is 18.3. The molecule has 13 heteroatoms. The molecule has 1 unspecified atom stereocenters. The van der Waals surface area contributed by atoms with Gasteiger partial charge in [0.15, 0.2) is 0 Å². The van der Waals surface area contributed by atoms with Crippen LogP contribution in [0.2, 0.25) is 0 Å². The molecule has 200 valence electrons. The average molecular weight is 539 g/mol. The molecule has 1 atom stereocenters. The number of benzene rings is 1. The first kappa shape index (κ1) is 33.0. The molecule has 0 aromatic heterocycles. The lowest BCUT2D eigenvalue weighted by Gasteiger charge is -2.35. The molecule has 0 radical (unpaired) electrons. The summed E-state index contributed by atoms with van der Waals surface area (Å²) in [5.74, 6) is -2.90. The van der Waals surface area contributed by atoms with Crippen molar-refractivity contribution in [2.24, 2.45) is 0 Å². The molecule has 1 aliphatic heterocycles. The summed E-state index contributed by atoms with van der Waals surface area (Å²) in [5.41, 5.74) is 0.990. The summed E-state index contributed by atoms with van der Waals surface area (Å²) in [4.78, 5) is 39.5. The van der Waals surface area contributed by atoms with E-state index in [2.05, 4.69) is 5.32 Å².